The molecule has 2 aromatic carbocycles. The normalized spacial score (nSPS) is 13.0. The van der Waals surface area contributed by atoms with Gasteiger partial charge in [-0.15, -0.1) is 0 Å². The Hall–Kier alpha value is -3.06. The van der Waals surface area contributed by atoms with Gasteiger partial charge in [-0.3, -0.25) is 14.5 Å². The first-order chi connectivity index (χ1) is 15.0. The summed E-state index contributed by atoms with van der Waals surface area (Å²) < 4.78 is 11.1. The van der Waals surface area contributed by atoms with E-state index in [2.05, 4.69) is 10.6 Å². The van der Waals surface area contributed by atoms with Crippen molar-refractivity contribution in [1.82, 2.24) is 10.2 Å². The lowest BCUT2D eigenvalue weighted by molar-refractivity contribution is -0.117. The molecule has 0 unspecified atom stereocenters. The van der Waals surface area contributed by atoms with Crippen LogP contribution in [-0.2, 0) is 11.3 Å². The van der Waals surface area contributed by atoms with Crippen LogP contribution in [0.2, 0.25) is 0 Å². The van der Waals surface area contributed by atoms with Crippen molar-refractivity contribution in [2.24, 2.45) is 0 Å². The summed E-state index contributed by atoms with van der Waals surface area (Å²) >= 11 is 0. The summed E-state index contributed by atoms with van der Waals surface area (Å²) in [5, 5.41) is 5.90. The van der Waals surface area contributed by atoms with Gasteiger partial charge >= 0.3 is 0 Å². The fraction of sp³-hybridized carbons (Fsp3) is 0.417. The van der Waals surface area contributed by atoms with E-state index in [0.717, 1.165) is 18.4 Å². The molecule has 31 heavy (non-hydrogen) atoms. The molecule has 0 heterocycles. The number of hydrogen-bond donors (Lipinski definition) is 2. The zero-order valence-electron chi connectivity index (χ0n) is 18.4. The minimum atomic E-state index is -0.141. The standard InChI is InChI=1S/C24H31N3O4/c1-4-30-20-12-13-22(31-5-2)21(14-20)26-23(28)16-27(3)15-17-6-8-18(9-7-17)24(29)25-19-10-11-19/h6-9,12-14,19H,4-5,10-11,15-16H2,1-3H3,(H,25,29)(H,26,28). The Labute approximate surface area is 183 Å². The minimum absolute atomic E-state index is 0.0267. The lowest BCUT2D eigenvalue weighted by atomic mass is 10.1. The van der Waals surface area contributed by atoms with Crippen LogP contribution in [0.1, 0.15) is 42.6 Å². The van der Waals surface area contributed by atoms with Crippen LogP contribution in [0.25, 0.3) is 0 Å². The molecule has 1 saturated carbocycles. The van der Waals surface area contributed by atoms with Crippen molar-refractivity contribution >= 4 is 17.5 Å². The molecule has 2 aromatic rings. The summed E-state index contributed by atoms with van der Waals surface area (Å²) in [6.07, 6.45) is 2.14. The van der Waals surface area contributed by atoms with Crippen LogP contribution in [0.3, 0.4) is 0 Å². The first kappa shape index (κ1) is 22.6. The van der Waals surface area contributed by atoms with Crippen LogP contribution in [0, 0.1) is 0 Å². The lowest BCUT2D eigenvalue weighted by Gasteiger charge is -2.18. The van der Waals surface area contributed by atoms with Crippen molar-refractivity contribution < 1.29 is 19.1 Å². The van der Waals surface area contributed by atoms with Gasteiger partial charge in [0.05, 0.1) is 25.4 Å². The van der Waals surface area contributed by atoms with Crippen molar-refractivity contribution in [2.45, 2.75) is 39.3 Å². The van der Waals surface area contributed by atoms with E-state index in [4.69, 9.17) is 9.47 Å². The molecular formula is C24H31N3O4. The van der Waals surface area contributed by atoms with E-state index in [-0.39, 0.29) is 18.4 Å². The lowest BCUT2D eigenvalue weighted by Crippen LogP contribution is -2.30. The highest BCUT2D eigenvalue weighted by Gasteiger charge is 2.23. The number of carbonyl (C=O) groups excluding carboxylic acids is 2. The molecule has 0 spiro atoms. The van der Waals surface area contributed by atoms with E-state index in [1.165, 1.54) is 0 Å². The molecule has 1 aliphatic rings. The fourth-order valence-electron chi connectivity index (χ4n) is 3.20. The first-order valence-corrected chi connectivity index (χ1v) is 10.8. The Balaban J connectivity index is 1.54. The van der Waals surface area contributed by atoms with Crippen molar-refractivity contribution in [3.8, 4) is 11.5 Å². The van der Waals surface area contributed by atoms with Crippen LogP contribution in [0.4, 0.5) is 5.69 Å². The number of amides is 2. The summed E-state index contributed by atoms with van der Waals surface area (Å²) in [7, 11) is 1.88. The molecule has 7 nitrogen and oxygen atoms in total. The van der Waals surface area contributed by atoms with Gasteiger partial charge in [0.2, 0.25) is 5.91 Å². The molecular weight excluding hydrogens is 394 g/mol. The third kappa shape index (κ3) is 7.00. The molecule has 2 amide bonds. The van der Waals surface area contributed by atoms with Crippen molar-refractivity contribution in [2.75, 3.05) is 32.1 Å². The van der Waals surface area contributed by atoms with Crippen LogP contribution in [-0.4, -0.2) is 49.6 Å². The topological polar surface area (TPSA) is 79.9 Å². The number of nitrogens with zero attached hydrogens (tertiary/aromatic N) is 1. The molecule has 1 fully saturated rings. The minimum Gasteiger partial charge on any atom is -0.494 e. The second-order valence-electron chi connectivity index (χ2n) is 7.69. The smallest absolute Gasteiger partial charge is 0.251 e. The van der Waals surface area contributed by atoms with Crippen molar-refractivity contribution in [3.05, 3.63) is 53.6 Å². The van der Waals surface area contributed by atoms with Crippen molar-refractivity contribution in [3.63, 3.8) is 0 Å². The van der Waals surface area contributed by atoms with Crippen LogP contribution in [0.15, 0.2) is 42.5 Å². The highest BCUT2D eigenvalue weighted by Crippen LogP contribution is 2.29. The Bertz CT molecular complexity index is 894. The zero-order chi connectivity index (χ0) is 22.2. The van der Waals surface area contributed by atoms with Gasteiger partial charge in [-0.1, -0.05) is 12.1 Å². The number of carbonyl (C=O) groups is 2. The van der Waals surface area contributed by atoms with Gasteiger partial charge in [0.15, 0.2) is 0 Å². The van der Waals surface area contributed by atoms with E-state index in [1.807, 2.05) is 56.1 Å². The summed E-state index contributed by atoms with van der Waals surface area (Å²) in [5.41, 5.74) is 2.29. The maximum atomic E-state index is 12.6. The third-order valence-electron chi connectivity index (χ3n) is 4.83. The van der Waals surface area contributed by atoms with Gasteiger partial charge in [-0.05, 0) is 63.6 Å². The SMILES string of the molecule is CCOc1ccc(OCC)c(NC(=O)CN(C)Cc2ccc(C(=O)NC3CC3)cc2)c1. The zero-order valence-corrected chi connectivity index (χ0v) is 18.4. The average Bonchev–Trinajstić information content (AvgIpc) is 3.54. The van der Waals surface area contributed by atoms with Crippen LogP contribution >= 0.6 is 0 Å². The van der Waals surface area contributed by atoms with Crippen LogP contribution in [0.5, 0.6) is 11.5 Å². The van der Waals surface area contributed by atoms with Gasteiger partial charge < -0.3 is 20.1 Å². The molecule has 3 rings (SSSR count). The van der Waals surface area contributed by atoms with Gasteiger partial charge in [-0.2, -0.15) is 0 Å². The molecule has 2 N–H and O–H groups in total. The maximum absolute atomic E-state index is 12.6. The van der Waals surface area contributed by atoms with Crippen molar-refractivity contribution in [1.29, 1.82) is 0 Å². The molecule has 166 valence electrons. The average molecular weight is 426 g/mol. The van der Waals surface area contributed by atoms with E-state index in [9.17, 15) is 9.59 Å². The Morgan fingerprint density at radius 2 is 1.74 bits per heavy atom. The molecule has 0 aromatic heterocycles. The van der Waals surface area contributed by atoms with E-state index < -0.39 is 0 Å². The van der Waals surface area contributed by atoms with Gasteiger partial charge in [0.1, 0.15) is 11.5 Å². The molecule has 1 aliphatic carbocycles. The quantitative estimate of drug-likeness (QED) is 0.577. The maximum Gasteiger partial charge on any atom is 0.251 e. The number of benzene rings is 2. The third-order valence-corrected chi connectivity index (χ3v) is 4.83. The fourth-order valence-corrected chi connectivity index (χ4v) is 3.20. The summed E-state index contributed by atoms with van der Waals surface area (Å²) in [4.78, 5) is 26.6. The number of ether oxygens (including phenoxy) is 2. The van der Waals surface area contributed by atoms with Gasteiger partial charge in [0, 0.05) is 24.2 Å². The predicted molar refractivity (Wildman–Crippen MR) is 121 cm³/mol. The Morgan fingerprint density at radius 1 is 1.03 bits per heavy atom. The van der Waals surface area contributed by atoms with E-state index in [0.29, 0.717) is 48.6 Å². The first-order valence-electron chi connectivity index (χ1n) is 10.8. The van der Waals surface area contributed by atoms with Gasteiger partial charge in [0.25, 0.3) is 5.91 Å². The second-order valence-corrected chi connectivity index (χ2v) is 7.69. The van der Waals surface area contributed by atoms with E-state index >= 15 is 0 Å². The number of nitrogens with one attached hydrogen (secondary N) is 2. The predicted octanol–water partition coefficient (Wildman–Crippen LogP) is 3.45. The number of hydrogen-bond acceptors (Lipinski definition) is 5. The monoisotopic (exact) mass is 425 g/mol. The Morgan fingerprint density at radius 3 is 2.39 bits per heavy atom. The van der Waals surface area contributed by atoms with Gasteiger partial charge in [-0.25, -0.2) is 0 Å². The number of anilines is 1. The summed E-state index contributed by atoms with van der Waals surface area (Å²) in [5.74, 6) is 1.13. The molecule has 0 atom stereocenters. The van der Waals surface area contributed by atoms with E-state index in [1.54, 1.807) is 12.1 Å². The molecule has 0 saturated heterocycles. The largest absolute Gasteiger partial charge is 0.494 e. The summed E-state index contributed by atoms with van der Waals surface area (Å²) in [6, 6.07) is 13.2. The molecule has 0 aliphatic heterocycles. The number of likely N-dealkylation sites (N-methyl/N-ethyl adjacent to an activating group) is 1. The number of rotatable bonds is 11. The molecule has 0 radical (unpaired) electrons. The molecule has 0 bridgehead atoms. The second kappa shape index (κ2) is 10.8. The Kier molecular flexibility index (Phi) is 7.89. The molecule has 7 heteroatoms. The highest BCUT2D eigenvalue weighted by atomic mass is 16.5. The van der Waals surface area contributed by atoms with Crippen LogP contribution < -0.4 is 20.1 Å². The summed E-state index contributed by atoms with van der Waals surface area (Å²) in [6.45, 7) is 5.67. The highest BCUT2D eigenvalue weighted by molar-refractivity contribution is 5.95.